The van der Waals surface area contributed by atoms with Crippen molar-refractivity contribution in [1.82, 2.24) is 15.0 Å². The van der Waals surface area contributed by atoms with Crippen LogP contribution in [0.3, 0.4) is 0 Å². The molecule has 0 saturated carbocycles. The molecular formula is C16H15N3O2. The van der Waals surface area contributed by atoms with E-state index in [1.54, 1.807) is 0 Å². The highest BCUT2D eigenvalue weighted by molar-refractivity contribution is 5.99. The zero-order valence-electron chi connectivity index (χ0n) is 11.6. The van der Waals surface area contributed by atoms with E-state index in [1.807, 2.05) is 12.1 Å². The summed E-state index contributed by atoms with van der Waals surface area (Å²) in [5.74, 6) is -0.217. The number of hydrogen-bond acceptors (Lipinski definition) is 3. The summed E-state index contributed by atoms with van der Waals surface area (Å²) in [7, 11) is 0. The van der Waals surface area contributed by atoms with Crippen LogP contribution in [0.5, 0.6) is 0 Å². The molecule has 3 aromatic rings. The fourth-order valence-electron chi connectivity index (χ4n) is 2.40. The number of aromatic amines is 1. The number of H-pyrrole nitrogens is 1. The van der Waals surface area contributed by atoms with Gasteiger partial charge in [0.2, 0.25) is 0 Å². The van der Waals surface area contributed by atoms with E-state index in [0.29, 0.717) is 11.2 Å². The molecule has 2 N–H and O–H groups in total. The summed E-state index contributed by atoms with van der Waals surface area (Å²) in [5.41, 5.74) is 3.66. The summed E-state index contributed by atoms with van der Waals surface area (Å²) < 4.78 is 0. The number of nitrogens with one attached hydrogen (secondary N) is 1. The third-order valence-electron chi connectivity index (χ3n) is 3.56. The van der Waals surface area contributed by atoms with Gasteiger partial charge in [-0.1, -0.05) is 24.3 Å². The number of nitrogens with zero attached hydrogens (tertiary/aromatic N) is 2. The second-order valence-corrected chi connectivity index (χ2v) is 4.97. The van der Waals surface area contributed by atoms with Crippen molar-refractivity contribution in [3.63, 3.8) is 0 Å². The van der Waals surface area contributed by atoms with Crippen LogP contribution in [0.2, 0.25) is 0 Å². The van der Waals surface area contributed by atoms with E-state index in [9.17, 15) is 4.79 Å². The predicted octanol–water partition coefficient (Wildman–Crippen LogP) is 2.75. The Balaban J connectivity index is 1.87. The lowest BCUT2D eigenvalue weighted by molar-refractivity contribution is 0.0698. The molecule has 0 aliphatic carbocycles. The minimum absolute atomic E-state index is 0.203. The first-order valence-corrected chi connectivity index (χ1v) is 6.76. The number of carboxylic acids is 1. The van der Waals surface area contributed by atoms with Crippen LogP contribution in [0.15, 0.2) is 36.5 Å². The van der Waals surface area contributed by atoms with Crippen LogP contribution in [0.4, 0.5) is 0 Å². The Morgan fingerprint density at radius 2 is 2.05 bits per heavy atom. The maximum absolute atomic E-state index is 11.2. The Labute approximate surface area is 121 Å². The number of rotatable bonds is 4. The minimum atomic E-state index is -0.975. The highest BCUT2D eigenvalue weighted by Gasteiger charge is 2.13. The quantitative estimate of drug-likeness (QED) is 0.770. The molecule has 21 heavy (non-hydrogen) atoms. The molecule has 0 radical (unpaired) electrons. The van der Waals surface area contributed by atoms with Crippen LogP contribution in [0.1, 0.15) is 27.3 Å². The SMILES string of the molecule is Cc1ccccc1CCc1nc2nccc(C(=O)O)c2[nH]1. The van der Waals surface area contributed by atoms with Crippen molar-refractivity contribution < 1.29 is 9.90 Å². The Bertz CT molecular complexity index is 808. The third kappa shape index (κ3) is 2.63. The number of carboxylic acid groups (broad SMARTS) is 1. The number of pyridine rings is 1. The summed E-state index contributed by atoms with van der Waals surface area (Å²) in [6, 6.07) is 9.69. The van der Waals surface area contributed by atoms with Crippen LogP contribution < -0.4 is 0 Å². The monoisotopic (exact) mass is 281 g/mol. The molecule has 0 fully saturated rings. The highest BCUT2D eigenvalue weighted by atomic mass is 16.4. The van der Waals surface area contributed by atoms with Gasteiger partial charge in [-0.3, -0.25) is 0 Å². The lowest BCUT2D eigenvalue weighted by Gasteiger charge is -2.03. The Hall–Kier alpha value is -2.69. The average molecular weight is 281 g/mol. The number of hydrogen-bond donors (Lipinski definition) is 2. The molecular weight excluding hydrogens is 266 g/mol. The number of imidazole rings is 1. The smallest absolute Gasteiger partial charge is 0.338 e. The largest absolute Gasteiger partial charge is 0.478 e. The molecule has 0 spiro atoms. The van der Waals surface area contributed by atoms with Gasteiger partial charge >= 0.3 is 5.97 Å². The van der Waals surface area contributed by atoms with E-state index in [4.69, 9.17) is 5.11 Å². The summed E-state index contributed by atoms with van der Waals surface area (Å²) >= 11 is 0. The molecule has 0 aliphatic heterocycles. The second kappa shape index (κ2) is 5.36. The molecule has 1 aromatic carbocycles. The standard InChI is InChI=1S/C16H15N3O2/c1-10-4-2-3-5-11(10)6-7-13-18-14-12(16(20)21)8-9-17-15(14)19-13/h2-5,8-9H,6-7H2,1H3,(H,20,21)(H,17,18,19). The summed E-state index contributed by atoms with van der Waals surface area (Å²) in [5, 5.41) is 9.16. The third-order valence-corrected chi connectivity index (χ3v) is 3.56. The number of fused-ring (bicyclic) bond motifs is 1. The van der Waals surface area contributed by atoms with Gasteiger partial charge in [-0.15, -0.1) is 0 Å². The lowest BCUT2D eigenvalue weighted by Crippen LogP contribution is -1.98. The molecule has 2 aromatic heterocycles. The first kappa shape index (κ1) is 13.3. The maximum atomic E-state index is 11.2. The van der Waals surface area contributed by atoms with Gasteiger partial charge in [0.15, 0.2) is 5.65 Å². The maximum Gasteiger partial charge on any atom is 0.338 e. The molecule has 2 heterocycles. The van der Waals surface area contributed by atoms with Gasteiger partial charge in [0.1, 0.15) is 5.82 Å². The molecule has 106 valence electrons. The van der Waals surface area contributed by atoms with Gasteiger partial charge in [-0.05, 0) is 30.5 Å². The van der Waals surface area contributed by atoms with Crippen molar-refractivity contribution in [3.05, 3.63) is 59.0 Å². The fourth-order valence-corrected chi connectivity index (χ4v) is 2.40. The molecule has 0 amide bonds. The highest BCUT2D eigenvalue weighted by Crippen LogP contribution is 2.16. The topological polar surface area (TPSA) is 78.9 Å². The van der Waals surface area contributed by atoms with Crippen molar-refractivity contribution in [2.24, 2.45) is 0 Å². The van der Waals surface area contributed by atoms with Crippen LogP contribution in [0, 0.1) is 6.92 Å². The lowest BCUT2D eigenvalue weighted by atomic mass is 10.0. The second-order valence-electron chi connectivity index (χ2n) is 4.97. The number of aromatic nitrogens is 3. The molecule has 0 aliphatic rings. The van der Waals surface area contributed by atoms with E-state index in [2.05, 4.69) is 34.0 Å². The molecule has 3 rings (SSSR count). The zero-order chi connectivity index (χ0) is 14.8. The van der Waals surface area contributed by atoms with Crippen LogP contribution in [-0.2, 0) is 12.8 Å². The van der Waals surface area contributed by atoms with Gasteiger partial charge in [0.05, 0.1) is 11.1 Å². The van der Waals surface area contributed by atoms with Crippen LogP contribution in [-0.4, -0.2) is 26.0 Å². The Morgan fingerprint density at radius 3 is 2.81 bits per heavy atom. The summed E-state index contributed by atoms with van der Waals surface area (Å²) in [6.45, 7) is 2.08. The number of aromatic carboxylic acids is 1. The van der Waals surface area contributed by atoms with E-state index in [-0.39, 0.29) is 5.56 Å². The Kier molecular flexibility index (Phi) is 3.39. The van der Waals surface area contributed by atoms with Gasteiger partial charge in [0, 0.05) is 12.6 Å². The van der Waals surface area contributed by atoms with Crippen molar-refractivity contribution in [2.45, 2.75) is 19.8 Å². The van der Waals surface area contributed by atoms with Gasteiger partial charge < -0.3 is 10.1 Å². The van der Waals surface area contributed by atoms with Crippen LogP contribution >= 0.6 is 0 Å². The molecule has 0 unspecified atom stereocenters. The van der Waals surface area contributed by atoms with E-state index in [0.717, 1.165) is 18.7 Å². The molecule has 0 bridgehead atoms. The first-order chi connectivity index (χ1) is 10.1. The molecule has 5 nitrogen and oxygen atoms in total. The van der Waals surface area contributed by atoms with E-state index >= 15 is 0 Å². The molecule has 5 heteroatoms. The first-order valence-electron chi connectivity index (χ1n) is 6.76. The normalized spacial score (nSPS) is 10.9. The number of aryl methyl sites for hydroxylation is 3. The molecule has 0 atom stereocenters. The van der Waals surface area contributed by atoms with Crippen molar-refractivity contribution in [1.29, 1.82) is 0 Å². The van der Waals surface area contributed by atoms with E-state index in [1.165, 1.54) is 23.4 Å². The summed E-state index contributed by atoms with van der Waals surface area (Å²) in [6.07, 6.45) is 3.05. The number of carbonyl (C=O) groups is 1. The van der Waals surface area contributed by atoms with Crippen molar-refractivity contribution in [2.75, 3.05) is 0 Å². The average Bonchev–Trinajstić information content (AvgIpc) is 2.88. The minimum Gasteiger partial charge on any atom is -0.478 e. The van der Waals surface area contributed by atoms with E-state index < -0.39 is 5.97 Å². The summed E-state index contributed by atoms with van der Waals surface area (Å²) in [4.78, 5) is 22.7. The predicted molar refractivity (Wildman–Crippen MR) is 79.4 cm³/mol. The van der Waals surface area contributed by atoms with Gasteiger partial charge in [-0.25, -0.2) is 14.8 Å². The Morgan fingerprint density at radius 1 is 1.24 bits per heavy atom. The van der Waals surface area contributed by atoms with Gasteiger partial charge in [0.25, 0.3) is 0 Å². The fraction of sp³-hybridized carbons (Fsp3) is 0.188. The number of benzene rings is 1. The van der Waals surface area contributed by atoms with Crippen molar-refractivity contribution in [3.8, 4) is 0 Å². The zero-order valence-corrected chi connectivity index (χ0v) is 11.6. The van der Waals surface area contributed by atoms with Gasteiger partial charge in [-0.2, -0.15) is 0 Å². The molecule has 0 saturated heterocycles. The van der Waals surface area contributed by atoms with Crippen molar-refractivity contribution >= 4 is 17.1 Å². The van der Waals surface area contributed by atoms with Crippen LogP contribution in [0.25, 0.3) is 11.2 Å².